The average Bonchev–Trinajstić information content (AvgIpc) is 3.01. The number of nitrogens with zero attached hydrogens (tertiary/aromatic N) is 1. The summed E-state index contributed by atoms with van der Waals surface area (Å²) in [6.45, 7) is 0.706. The van der Waals surface area contributed by atoms with Gasteiger partial charge in [-0.15, -0.1) is 0 Å². The Morgan fingerprint density at radius 3 is 2.86 bits per heavy atom. The SMILES string of the molecule is Clc1ccc(CNc2cccc(-c3cnco3)c2)c(Br)c1. The lowest BCUT2D eigenvalue weighted by Gasteiger charge is -2.09. The molecule has 0 aliphatic heterocycles. The molecule has 3 nitrogen and oxygen atoms in total. The smallest absolute Gasteiger partial charge is 0.181 e. The number of halogens is 2. The molecule has 1 aromatic heterocycles. The molecule has 0 bridgehead atoms. The van der Waals surface area contributed by atoms with Gasteiger partial charge in [0.05, 0.1) is 6.20 Å². The average molecular weight is 364 g/mol. The van der Waals surface area contributed by atoms with Gasteiger partial charge in [0.2, 0.25) is 0 Å². The number of hydrogen-bond donors (Lipinski definition) is 1. The van der Waals surface area contributed by atoms with E-state index in [4.69, 9.17) is 16.0 Å². The highest BCUT2D eigenvalue weighted by Gasteiger charge is 2.04. The van der Waals surface area contributed by atoms with Gasteiger partial charge < -0.3 is 9.73 Å². The van der Waals surface area contributed by atoms with Crippen LogP contribution in [0, 0.1) is 0 Å². The molecule has 0 spiro atoms. The van der Waals surface area contributed by atoms with E-state index in [1.807, 2.05) is 42.5 Å². The van der Waals surface area contributed by atoms with Gasteiger partial charge in [0, 0.05) is 27.3 Å². The topological polar surface area (TPSA) is 38.1 Å². The van der Waals surface area contributed by atoms with Crippen molar-refractivity contribution >= 4 is 33.2 Å². The van der Waals surface area contributed by atoms with Crippen LogP contribution < -0.4 is 5.32 Å². The molecule has 0 amide bonds. The highest BCUT2D eigenvalue weighted by molar-refractivity contribution is 9.10. The van der Waals surface area contributed by atoms with Crippen molar-refractivity contribution in [1.29, 1.82) is 0 Å². The van der Waals surface area contributed by atoms with Crippen molar-refractivity contribution in [1.82, 2.24) is 4.98 Å². The third-order valence-corrected chi connectivity index (χ3v) is 4.05. The van der Waals surface area contributed by atoms with Gasteiger partial charge >= 0.3 is 0 Å². The summed E-state index contributed by atoms with van der Waals surface area (Å²) in [4.78, 5) is 3.94. The molecule has 2 aromatic carbocycles. The number of oxazole rings is 1. The van der Waals surface area contributed by atoms with E-state index < -0.39 is 0 Å². The number of benzene rings is 2. The molecule has 21 heavy (non-hydrogen) atoms. The van der Waals surface area contributed by atoms with E-state index in [1.54, 1.807) is 6.20 Å². The van der Waals surface area contributed by atoms with Crippen LogP contribution in [0.25, 0.3) is 11.3 Å². The highest BCUT2D eigenvalue weighted by atomic mass is 79.9. The molecule has 3 rings (SSSR count). The standard InChI is InChI=1S/C16H12BrClN2O/c17-15-7-13(18)5-4-12(15)8-20-14-3-1-2-11(6-14)16-9-19-10-21-16/h1-7,9-10,20H,8H2. The van der Waals surface area contributed by atoms with Crippen molar-refractivity contribution in [2.45, 2.75) is 6.54 Å². The summed E-state index contributed by atoms with van der Waals surface area (Å²) >= 11 is 9.46. The molecule has 3 aromatic rings. The highest BCUT2D eigenvalue weighted by Crippen LogP contribution is 2.25. The summed E-state index contributed by atoms with van der Waals surface area (Å²) in [7, 11) is 0. The third-order valence-electron chi connectivity index (χ3n) is 3.08. The van der Waals surface area contributed by atoms with Crippen molar-refractivity contribution < 1.29 is 4.42 Å². The van der Waals surface area contributed by atoms with Crippen LogP contribution >= 0.6 is 27.5 Å². The third kappa shape index (κ3) is 3.46. The molecule has 0 unspecified atom stereocenters. The maximum atomic E-state index is 5.95. The molecule has 0 atom stereocenters. The Balaban J connectivity index is 1.75. The van der Waals surface area contributed by atoms with Crippen LogP contribution in [0.5, 0.6) is 0 Å². The van der Waals surface area contributed by atoms with Gasteiger partial charge in [-0.05, 0) is 29.8 Å². The molecular formula is C16H12BrClN2O. The Bertz CT molecular complexity index is 744. The lowest BCUT2D eigenvalue weighted by Crippen LogP contribution is -2.00. The van der Waals surface area contributed by atoms with Crippen molar-refractivity contribution in [2.24, 2.45) is 0 Å². The first-order chi connectivity index (χ1) is 10.2. The number of rotatable bonds is 4. The van der Waals surface area contributed by atoms with Crippen LogP contribution in [0.4, 0.5) is 5.69 Å². The Hall–Kier alpha value is -1.78. The molecular weight excluding hydrogens is 352 g/mol. The second-order valence-electron chi connectivity index (χ2n) is 4.54. The van der Waals surface area contributed by atoms with Gasteiger partial charge in [-0.25, -0.2) is 4.98 Å². The number of anilines is 1. The van der Waals surface area contributed by atoms with E-state index in [1.165, 1.54) is 6.39 Å². The van der Waals surface area contributed by atoms with Crippen LogP contribution in [0.3, 0.4) is 0 Å². The van der Waals surface area contributed by atoms with Crippen molar-refractivity contribution in [3.8, 4) is 11.3 Å². The zero-order valence-electron chi connectivity index (χ0n) is 11.0. The molecule has 0 aliphatic rings. The zero-order chi connectivity index (χ0) is 14.7. The molecule has 0 aliphatic carbocycles. The van der Waals surface area contributed by atoms with E-state index in [2.05, 4.69) is 26.2 Å². The zero-order valence-corrected chi connectivity index (χ0v) is 13.4. The molecule has 0 fully saturated rings. The first kappa shape index (κ1) is 14.2. The second kappa shape index (κ2) is 6.33. The van der Waals surface area contributed by atoms with Crippen LogP contribution in [0.15, 0.2) is 63.9 Å². The molecule has 1 heterocycles. The normalized spacial score (nSPS) is 10.6. The minimum Gasteiger partial charge on any atom is -0.444 e. The minimum atomic E-state index is 0.706. The lowest BCUT2D eigenvalue weighted by molar-refractivity contribution is 0.572. The maximum Gasteiger partial charge on any atom is 0.181 e. The van der Waals surface area contributed by atoms with E-state index >= 15 is 0 Å². The fraction of sp³-hybridized carbons (Fsp3) is 0.0625. The monoisotopic (exact) mass is 362 g/mol. The summed E-state index contributed by atoms with van der Waals surface area (Å²) in [6, 6.07) is 13.8. The summed E-state index contributed by atoms with van der Waals surface area (Å²) in [6.07, 6.45) is 3.13. The maximum absolute atomic E-state index is 5.95. The van der Waals surface area contributed by atoms with E-state index in [9.17, 15) is 0 Å². The predicted molar refractivity (Wildman–Crippen MR) is 88.4 cm³/mol. The molecule has 0 saturated heterocycles. The quantitative estimate of drug-likeness (QED) is 0.677. The first-order valence-corrected chi connectivity index (χ1v) is 7.56. The van der Waals surface area contributed by atoms with Gasteiger partial charge in [0.25, 0.3) is 0 Å². The number of nitrogens with one attached hydrogen (secondary N) is 1. The summed E-state index contributed by atoms with van der Waals surface area (Å²) in [5.41, 5.74) is 3.16. The van der Waals surface area contributed by atoms with Gasteiger partial charge in [-0.3, -0.25) is 0 Å². The molecule has 106 valence electrons. The largest absolute Gasteiger partial charge is 0.444 e. The predicted octanol–water partition coefficient (Wildman–Crippen LogP) is 5.37. The van der Waals surface area contributed by atoms with Crippen LogP contribution in [-0.2, 0) is 6.54 Å². The number of hydrogen-bond acceptors (Lipinski definition) is 3. The summed E-state index contributed by atoms with van der Waals surface area (Å²) in [5.74, 6) is 0.756. The van der Waals surface area contributed by atoms with E-state index in [0.717, 1.165) is 32.1 Å². The van der Waals surface area contributed by atoms with E-state index in [0.29, 0.717) is 6.54 Å². The van der Waals surface area contributed by atoms with Gasteiger partial charge in [-0.1, -0.05) is 45.7 Å². The Morgan fingerprint density at radius 2 is 2.10 bits per heavy atom. The van der Waals surface area contributed by atoms with Gasteiger partial charge in [0.1, 0.15) is 0 Å². The molecule has 1 N–H and O–H groups in total. The summed E-state index contributed by atoms with van der Waals surface area (Å²) in [5, 5.41) is 4.11. The summed E-state index contributed by atoms with van der Waals surface area (Å²) < 4.78 is 6.30. The molecule has 5 heteroatoms. The Morgan fingerprint density at radius 1 is 1.19 bits per heavy atom. The Labute approximate surface area is 136 Å². The fourth-order valence-electron chi connectivity index (χ4n) is 2.00. The van der Waals surface area contributed by atoms with Gasteiger partial charge in [0.15, 0.2) is 12.2 Å². The van der Waals surface area contributed by atoms with Crippen molar-refractivity contribution in [3.63, 3.8) is 0 Å². The number of aromatic nitrogens is 1. The fourth-order valence-corrected chi connectivity index (χ4v) is 2.83. The molecule has 0 radical (unpaired) electrons. The van der Waals surface area contributed by atoms with E-state index in [-0.39, 0.29) is 0 Å². The van der Waals surface area contributed by atoms with Crippen molar-refractivity contribution in [3.05, 3.63) is 70.1 Å². The lowest BCUT2D eigenvalue weighted by atomic mass is 10.1. The van der Waals surface area contributed by atoms with Gasteiger partial charge in [-0.2, -0.15) is 0 Å². The van der Waals surface area contributed by atoms with Crippen LogP contribution in [0.2, 0.25) is 5.02 Å². The van der Waals surface area contributed by atoms with Crippen LogP contribution in [-0.4, -0.2) is 4.98 Å². The molecule has 0 saturated carbocycles. The first-order valence-electron chi connectivity index (χ1n) is 6.39. The Kier molecular flexibility index (Phi) is 4.27. The van der Waals surface area contributed by atoms with Crippen LogP contribution in [0.1, 0.15) is 5.56 Å². The minimum absolute atomic E-state index is 0.706. The second-order valence-corrected chi connectivity index (χ2v) is 5.83. The van der Waals surface area contributed by atoms with Crippen molar-refractivity contribution in [2.75, 3.05) is 5.32 Å².